The number of anilines is 1. The van der Waals surface area contributed by atoms with Crippen LogP contribution in [0.25, 0.3) is 0 Å². The summed E-state index contributed by atoms with van der Waals surface area (Å²) in [7, 11) is 1.74. The Morgan fingerprint density at radius 2 is 1.96 bits per heavy atom. The van der Waals surface area contributed by atoms with Gasteiger partial charge in [-0.05, 0) is 49.6 Å². The molecule has 0 aliphatic heterocycles. The third-order valence-electron chi connectivity index (χ3n) is 3.30. The van der Waals surface area contributed by atoms with Crippen molar-refractivity contribution in [3.8, 4) is 0 Å². The molecule has 0 bridgehead atoms. The molecule has 1 amide bonds. The second-order valence-corrected chi connectivity index (χ2v) is 7.76. The third kappa shape index (κ3) is 4.25. The zero-order valence-electron chi connectivity index (χ0n) is 12.8. The fourth-order valence-electron chi connectivity index (χ4n) is 2.17. The van der Waals surface area contributed by atoms with Crippen LogP contribution in [0.1, 0.15) is 16.1 Å². The van der Waals surface area contributed by atoms with Crippen molar-refractivity contribution in [1.29, 1.82) is 0 Å². The lowest BCUT2D eigenvalue weighted by Crippen LogP contribution is -2.14. The lowest BCUT2D eigenvalue weighted by Gasteiger charge is -2.05. The maximum Gasteiger partial charge on any atom is 0.278 e. The molecular formula is C15H11Br2Cl2N5O. The van der Waals surface area contributed by atoms with E-state index in [1.165, 1.54) is 0 Å². The van der Waals surface area contributed by atoms with Gasteiger partial charge in [-0.15, -0.1) is 0 Å². The second-order valence-electron chi connectivity index (χ2n) is 5.21. The van der Waals surface area contributed by atoms with E-state index in [0.717, 1.165) is 5.56 Å². The molecule has 2 heterocycles. The summed E-state index contributed by atoms with van der Waals surface area (Å²) in [6, 6.07) is 5.28. The molecular weight excluding hydrogens is 497 g/mol. The molecule has 3 aromatic rings. The van der Waals surface area contributed by atoms with Crippen molar-refractivity contribution in [2.45, 2.75) is 6.54 Å². The number of nitrogens with zero attached hydrogens (tertiary/aromatic N) is 4. The first kappa shape index (κ1) is 18.4. The van der Waals surface area contributed by atoms with Gasteiger partial charge in [0.1, 0.15) is 0 Å². The van der Waals surface area contributed by atoms with E-state index in [0.29, 0.717) is 31.4 Å². The number of carbonyl (C=O) groups is 1. The molecule has 0 aliphatic rings. The van der Waals surface area contributed by atoms with Crippen LogP contribution in [0.5, 0.6) is 0 Å². The van der Waals surface area contributed by atoms with Gasteiger partial charge in [-0.3, -0.25) is 14.2 Å². The van der Waals surface area contributed by atoms with Crippen molar-refractivity contribution in [1.82, 2.24) is 19.6 Å². The van der Waals surface area contributed by atoms with Crippen molar-refractivity contribution >= 4 is 66.8 Å². The number of halogens is 4. The van der Waals surface area contributed by atoms with E-state index in [4.69, 9.17) is 23.2 Å². The van der Waals surface area contributed by atoms with E-state index in [2.05, 4.69) is 47.4 Å². The standard InChI is InChI=1S/C15H11Br2Cl2N5O/c1-23-6-10(16)13(21-23)15(25)20-14-11(17)7-24(22-14)5-8-2-3-9(18)4-12(8)19/h2-4,6-7H,5H2,1H3,(H,20,22,25). The molecule has 2 aromatic heterocycles. The smallest absolute Gasteiger partial charge is 0.278 e. The van der Waals surface area contributed by atoms with Crippen molar-refractivity contribution in [2.75, 3.05) is 5.32 Å². The van der Waals surface area contributed by atoms with Gasteiger partial charge in [0.25, 0.3) is 5.91 Å². The van der Waals surface area contributed by atoms with Crippen LogP contribution in [-0.2, 0) is 13.6 Å². The van der Waals surface area contributed by atoms with Gasteiger partial charge in [-0.2, -0.15) is 10.2 Å². The second kappa shape index (κ2) is 7.49. The lowest BCUT2D eigenvalue weighted by molar-refractivity contribution is 0.102. The zero-order chi connectivity index (χ0) is 18.1. The van der Waals surface area contributed by atoms with E-state index in [-0.39, 0.29) is 11.6 Å². The first-order chi connectivity index (χ1) is 11.8. The van der Waals surface area contributed by atoms with E-state index < -0.39 is 0 Å². The maximum atomic E-state index is 12.3. The minimum Gasteiger partial charge on any atom is -0.303 e. The third-order valence-corrected chi connectivity index (χ3v) is 5.04. The van der Waals surface area contributed by atoms with Gasteiger partial charge in [0, 0.05) is 29.5 Å². The monoisotopic (exact) mass is 505 g/mol. The molecule has 0 spiro atoms. The van der Waals surface area contributed by atoms with Crippen LogP contribution in [0.15, 0.2) is 39.5 Å². The molecule has 0 atom stereocenters. The van der Waals surface area contributed by atoms with Gasteiger partial charge < -0.3 is 5.32 Å². The number of hydrogen-bond donors (Lipinski definition) is 1. The van der Waals surface area contributed by atoms with Crippen LogP contribution in [0.2, 0.25) is 10.0 Å². The minimum absolute atomic E-state index is 0.282. The SMILES string of the molecule is Cn1cc(Br)c(C(=O)Nc2nn(Cc3ccc(Cl)cc3Cl)cc2Br)n1. The molecule has 6 nitrogen and oxygen atoms in total. The van der Waals surface area contributed by atoms with Crippen LogP contribution in [0, 0.1) is 0 Å². The Kier molecular flexibility index (Phi) is 5.52. The van der Waals surface area contributed by atoms with Gasteiger partial charge in [-0.1, -0.05) is 29.3 Å². The summed E-state index contributed by atoms with van der Waals surface area (Å²) < 4.78 is 4.48. The summed E-state index contributed by atoms with van der Waals surface area (Å²) in [6.45, 7) is 0.442. The highest BCUT2D eigenvalue weighted by molar-refractivity contribution is 9.11. The number of amides is 1. The van der Waals surface area contributed by atoms with Crippen LogP contribution in [0.4, 0.5) is 5.82 Å². The number of nitrogens with one attached hydrogen (secondary N) is 1. The van der Waals surface area contributed by atoms with Gasteiger partial charge in [0.15, 0.2) is 11.5 Å². The van der Waals surface area contributed by atoms with Gasteiger partial charge in [0.05, 0.1) is 15.5 Å². The van der Waals surface area contributed by atoms with Crippen molar-refractivity contribution in [2.24, 2.45) is 7.05 Å². The molecule has 0 unspecified atom stereocenters. The van der Waals surface area contributed by atoms with Crippen LogP contribution in [0.3, 0.4) is 0 Å². The Morgan fingerprint density at radius 3 is 2.60 bits per heavy atom. The maximum absolute atomic E-state index is 12.3. The number of carbonyl (C=O) groups excluding carboxylic acids is 1. The summed E-state index contributed by atoms with van der Waals surface area (Å²) >= 11 is 18.8. The molecule has 1 N–H and O–H groups in total. The number of rotatable bonds is 4. The van der Waals surface area contributed by atoms with E-state index in [9.17, 15) is 4.79 Å². The van der Waals surface area contributed by atoms with Crippen LogP contribution >= 0.6 is 55.1 Å². The summed E-state index contributed by atoms with van der Waals surface area (Å²) in [4.78, 5) is 12.3. The molecule has 3 rings (SSSR count). The van der Waals surface area contributed by atoms with Gasteiger partial charge in [-0.25, -0.2) is 0 Å². The number of hydrogen-bond acceptors (Lipinski definition) is 3. The van der Waals surface area contributed by atoms with Gasteiger partial charge in [0.2, 0.25) is 0 Å². The van der Waals surface area contributed by atoms with E-state index in [1.54, 1.807) is 40.9 Å². The summed E-state index contributed by atoms with van der Waals surface area (Å²) in [5.74, 6) is 0.0376. The summed E-state index contributed by atoms with van der Waals surface area (Å²) in [5, 5.41) is 12.3. The molecule has 10 heteroatoms. The molecule has 0 aliphatic carbocycles. The van der Waals surface area contributed by atoms with Crippen molar-refractivity contribution < 1.29 is 4.79 Å². The average molecular weight is 508 g/mol. The fraction of sp³-hybridized carbons (Fsp3) is 0.133. The average Bonchev–Trinajstić information content (AvgIpc) is 3.04. The molecule has 1 aromatic carbocycles. The van der Waals surface area contributed by atoms with E-state index >= 15 is 0 Å². The topological polar surface area (TPSA) is 64.7 Å². The first-order valence-electron chi connectivity index (χ1n) is 7.01. The highest BCUT2D eigenvalue weighted by Crippen LogP contribution is 2.25. The Hall–Kier alpha value is -1.35. The fourth-order valence-corrected chi connectivity index (χ4v) is 3.61. The highest BCUT2D eigenvalue weighted by Gasteiger charge is 2.17. The summed E-state index contributed by atoms with van der Waals surface area (Å²) in [5.41, 5.74) is 1.15. The normalized spacial score (nSPS) is 10.9. The summed E-state index contributed by atoms with van der Waals surface area (Å²) in [6.07, 6.45) is 3.46. The Morgan fingerprint density at radius 1 is 1.20 bits per heavy atom. The van der Waals surface area contributed by atoms with Gasteiger partial charge >= 0.3 is 0 Å². The Balaban J connectivity index is 1.78. The van der Waals surface area contributed by atoms with Crippen LogP contribution < -0.4 is 5.32 Å². The predicted octanol–water partition coefficient (Wildman–Crippen LogP) is 4.75. The zero-order valence-corrected chi connectivity index (χ0v) is 17.5. The first-order valence-corrected chi connectivity index (χ1v) is 9.35. The molecule has 25 heavy (non-hydrogen) atoms. The number of aryl methyl sites for hydroxylation is 1. The Bertz CT molecular complexity index is 954. The predicted molar refractivity (Wildman–Crippen MR) is 104 cm³/mol. The van der Waals surface area contributed by atoms with Crippen molar-refractivity contribution in [3.05, 3.63) is 60.8 Å². The molecule has 130 valence electrons. The van der Waals surface area contributed by atoms with Crippen LogP contribution in [-0.4, -0.2) is 25.5 Å². The minimum atomic E-state index is -0.358. The molecule has 0 fully saturated rings. The van der Waals surface area contributed by atoms with E-state index in [1.807, 2.05) is 6.07 Å². The Labute approximate surface area is 170 Å². The van der Waals surface area contributed by atoms with Crippen molar-refractivity contribution in [3.63, 3.8) is 0 Å². The molecule has 0 radical (unpaired) electrons. The highest BCUT2D eigenvalue weighted by atomic mass is 79.9. The lowest BCUT2D eigenvalue weighted by atomic mass is 10.2. The molecule has 0 saturated heterocycles. The quantitative estimate of drug-likeness (QED) is 0.554. The molecule has 0 saturated carbocycles. The number of benzene rings is 1. The largest absolute Gasteiger partial charge is 0.303 e. The number of aromatic nitrogens is 4.